The van der Waals surface area contributed by atoms with Crippen molar-refractivity contribution in [2.45, 2.75) is 58.8 Å². The van der Waals surface area contributed by atoms with E-state index in [9.17, 15) is 0 Å². The lowest BCUT2D eigenvalue weighted by atomic mass is 9.60. The highest BCUT2D eigenvalue weighted by Crippen LogP contribution is 2.49. The van der Waals surface area contributed by atoms with Gasteiger partial charge in [-0.15, -0.1) is 11.3 Å². The molecule has 0 aromatic carbocycles. The molecule has 1 heterocycles. The van der Waals surface area contributed by atoms with E-state index in [2.05, 4.69) is 33.2 Å². The molecule has 0 saturated carbocycles. The standard InChI is InChI=1S/C14H23NS/c1-5-11(4)14(10(2)3)8-6-7-12-13(14)15-9-16-12/h9-11H,5-8H2,1-4H3. The molecule has 0 amide bonds. The molecule has 1 nitrogen and oxygen atoms in total. The summed E-state index contributed by atoms with van der Waals surface area (Å²) in [6.07, 6.45) is 5.19. The molecule has 0 bridgehead atoms. The molecule has 1 aliphatic rings. The van der Waals surface area contributed by atoms with Crippen LogP contribution >= 0.6 is 11.3 Å². The fraction of sp³-hybridized carbons (Fsp3) is 0.786. The van der Waals surface area contributed by atoms with Crippen molar-refractivity contribution in [2.24, 2.45) is 11.8 Å². The summed E-state index contributed by atoms with van der Waals surface area (Å²) in [5.74, 6) is 1.44. The minimum Gasteiger partial charge on any atom is -0.249 e. The molecular weight excluding hydrogens is 214 g/mol. The first-order chi connectivity index (χ1) is 7.63. The topological polar surface area (TPSA) is 12.9 Å². The molecule has 0 spiro atoms. The molecule has 0 radical (unpaired) electrons. The Labute approximate surface area is 103 Å². The van der Waals surface area contributed by atoms with Gasteiger partial charge >= 0.3 is 0 Å². The maximum atomic E-state index is 4.72. The normalized spacial score (nSPS) is 26.8. The van der Waals surface area contributed by atoms with Gasteiger partial charge in [-0.3, -0.25) is 0 Å². The van der Waals surface area contributed by atoms with E-state index in [0.717, 1.165) is 5.92 Å². The highest BCUT2D eigenvalue weighted by Gasteiger charge is 2.44. The number of hydrogen-bond acceptors (Lipinski definition) is 2. The predicted octanol–water partition coefficient (Wildman–Crippen LogP) is 4.42. The lowest BCUT2D eigenvalue weighted by Crippen LogP contribution is -2.42. The zero-order valence-electron chi connectivity index (χ0n) is 10.9. The average Bonchev–Trinajstić information content (AvgIpc) is 2.75. The number of aryl methyl sites for hydroxylation is 1. The van der Waals surface area contributed by atoms with Crippen LogP contribution < -0.4 is 0 Å². The van der Waals surface area contributed by atoms with Gasteiger partial charge in [-0.2, -0.15) is 0 Å². The molecule has 1 aromatic rings. The van der Waals surface area contributed by atoms with E-state index in [-0.39, 0.29) is 0 Å². The van der Waals surface area contributed by atoms with Crippen molar-refractivity contribution in [3.63, 3.8) is 0 Å². The number of nitrogens with zero attached hydrogens (tertiary/aromatic N) is 1. The molecule has 2 unspecified atom stereocenters. The Hall–Kier alpha value is -0.370. The molecular formula is C14H23NS. The van der Waals surface area contributed by atoms with E-state index < -0.39 is 0 Å². The van der Waals surface area contributed by atoms with Gasteiger partial charge in [0, 0.05) is 10.3 Å². The van der Waals surface area contributed by atoms with Gasteiger partial charge in [-0.05, 0) is 31.1 Å². The van der Waals surface area contributed by atoms with Crippen LogP contribution in [0, 0.1) is 11.8 Å². The fourth-order valence-corrected chi connectivity index (χ4v) is 4.36. The Bertz CT molecular complexity index is 355. The van der Waals surface area contributed by atoms with Crippen molar-refractivity contribution < 1.29 is 0 Å². The molecule has 0 saturated heterocycles. The zero-order valence-corrected chi connectivity index (χ0v) is 11.7. The highest BCUT2D eigenvalue weighted by molar-refractivity contribution is 7.09. The molecule has 90 valence electrons. The summed E-state index contributed by atoms with van der Waals surface area (Å²) >= 11 is 1.86. The maximum Gasteiger partial charge on any atom is 0.0797 e. The Kier molecular flexibility index (Phi) is 3.39. The summed E-state index contributed by atoms with van der Waals surface area (Å²) in [7, 11) is 0. The molecule has 0 N–H and O–H groups in total. The van der Waals surface area contributed by atoms with Gasteiger partial charge in [0.1, 0.15) is 0 Å². The van der Waals surface area contributed by atoms with Crippen LogP contribution in [0.4, 0.5) is 0 Å². The van der Waals surface area contributed by atoms with Gasteiger partial charge in [0.25, 0.3) is 0 Å². The fourth-order valence-electron chi connectivity index (χ4n) is 3.46. The lowest BCUT2D eigenvalue weighted by molar-refractivity contribution is 0.164. The minimum absolute atomic E-state index is 0.350. The van der Waals surface area contributed by atoms with Crippen LogP contribution in [-0.2, 0) is 11.8 Å². The van der Waals surface area contributed by atoms with Crippen molar-refractivity contribution >= 4 is 11.3 Å². The van der Waals surface area contributed by atoms with Crippen molar-refractivity contribution in [2.75, 3.05) is 0 Å². The highest BCUT2D eigenvalue weighted by atomic mass is 32.1. The first-order valence-electron chi connectivity index (χ1n) is 6.55. The smallest absolute Gasteiger partial charge is 0.0797 e. The average molecular weight is 237 g/mol. The second-order valence-electron chi connectivity index (χ2n) is 5.48. The van der Waals surface area contributed by atoms with Crippen LogP contribution in [0.15, 0.2) is 5.51 Å². The van der Waals surface area contributed by atoms with E-state index in [4.69, 9.17) is 4.98 Å². The molecule has 2 rings (SSSR count). The lowest BCUT2D eigenvalue weighted by Gasteiger charge is -2.44. The molecule has 1 aliphatic carbocycles. The molecule has 0 fully saturated rings. The molecule has 1 aromatic heterocycles. The van der Waals surface area contributed by atoms with E-state index in [1.54, 1.807) is 4.88 Å². The number of rotatable bonds is 3. The zero-order chi connectivity index (χ0) is 11.8. The number of hydrogen-bond donors (Lipinski definition) is 0. The largest absolute Gasteiger partial charge is 0.249 e. The Morgan fingerprint density at radius 2 is 2.19 bits per heavy atom. The van der Waals surface area contributed by atoms with E-state index >= 15 is 0 Å². The van der Waals surface area contributed by atoms with Gasteiger partial charge in [-0.25, -0.2) is 4.98 Å². The van der Waals surface area contributed by atoms with Gasteiger partial charge < -0.3 is 0 Å². The molecule has 0 aliphatic heterocycles. The second-order valence-corrected chi connectivity index (χ2v) is 6.42. The van der Waals surface area contributed by atoms with E-state index in [0.29, 0.717) is 11.3 Å². The minimum atomic E-state index is 0.350. The first kappa shape index (κ1) is 12.1. The third-order valence-electron chi connectivity index (χ3n) is 4.60. The Balaban J connectivity index is 2.50. The third-order valence-corrected chi connectivity index (χ3v) is 5.49. The summed E-state index contributed by atoms with van der Waals surface area (Å²) in [6, 6.07) is 0. The van der Waals surface area contributed by atoms with Crippen molar-refractivity contribution in [3.8, 4) is 0 Å². The SMILES string of the molecule is CCC(C)C1(C(C)C)CCCc2scnc21. The number of thiazole rings is 1. The van der Waals surface area contributed by atoms with Crippen LogP contribution in [0.3, 0.4) is 0 Å². The third kappa shape index (κ3) is 1.62. The molecule has 2 heteroatoms. The van der Waals surface area contributed by atoms with Gasteiger partial charge in [0.15, 0.2) is 0 Å². The first-order valence-corrected chi connectivity index (χ1v) is 7.43. The van der Waals surface area contributed by atoms with Crippen molar-refractivity contribution in [1.29, 1.82) is 0 Å². The monoisotopic (exact) mass is 237 g/mol. The Morgan fingerprint density at radius 1 is 1.44 bits per heavy atom. The van der Waals surface area contributed by atoms with E-state index in [1.165, 1.54) is 31.4 Å². The number of fused-ring (bicyclic) bond motifs is 1. The van der Waals surface area contributed by atoms with Gasteiger partial charge in [-0.1, -0.05) is 34.1 Å². The quantitative estimate of drug-likeness (QED) is 0.758. The van der Waals surface area contributed by atoms with E-state index in [1.807, 2.05) is 11.3 Å². The van der Waals surface area contributed by atoms with Crippen molar-refractivity contribution in [3.05, 3.63) is 16.1 Å². The summed E-state index contributed by atoms with van der Waals surface area (Å²) in [6.45, 7) is 9.48. The summed E-state index contributed by atoms with van der Waals surface area (Å²) in [4.78, 5) is 6.27. The van der Waals surface area contributed by atoms with Crippen LogP contribution in [-0.4, -0.2) is 4.98 Å². The molecule has 2 atom stereocenters. The maximum absolute atomic E-state index is 4.72. The predicted molar refractivity (Wildman–Crippen MR) is 71.0 cm³/mol. The summed E-state index contributed by atoms with van der Waals surface area (Å²) in [5, 5.41) is 0. The Morgan fingerprint density at radius 3 is 2.81 bits per heavy atom. The number of aromatic nitrogens is 1. The summed E-state index contributed by atoms with van der Waals surface area (Å²) in [5.41, 5.74) is 3.84. The van der Waals surface area contributed by atoms with Gasteiger partial charge in [0.2, 0.25) is 0 Å². The van der Waals surface area contributed by atoms with Crippen LogP contribution in [0.25, 0.3) is 0 Å². The second kappa shape index (κ2) is 4.48. The van der Waals surface area contributed by atoms with Crippen LogP contribution in [0.5, 0.6) is 0 Å². The summed E-state index contributed by atoms with van der Waals surface area (Å²) < 4.78 is 0. The van der Waals surface area contributed by atoms with Crippen LogP contribution in [0.1, 0.15) is 57.5 Å². The van der Waals surface area contributed by atoms with Crippen LogP contribution in [0.2, 0.25) is 0 Å². The van der Waals surface area contributed by atoms with Gasteiger partial charge in [0.05, 0.1) is 11.2 Å². The molecule has 16 heavy (non-hydrogen) atoms. The van der Waals surface area contributed by atoms with Crippen molar-refractivity contribution in [1.82, 2.24) is 4.98 Å².